The summed E-state index contributed by atoms with van der Waals surface area (Å²) >= 11 is 0. The van der Waals surface area contributed by atoms with Gasteiger partial charge in [0.1, 0.15) is 12.3 Å². The first kappa shape index (κ1) is 22.7. The van der Waals surface area contributed by atoms with Gasteiger partial charge in [-0.15, -0.1) is 5.10 Å². The van der Waals surface area contributed by atoms with Gasteiger partial charge in [-0.05, 0) is 64.5 Å². The van der Waals surface area contributed by atoms with E-state index in [0.29, 0.717) is 25.2 Å². The van der Waals surface area contributed by atoms with Crippen molar-refractivity contribution in [2.45, 2.75) is 45.9 Å². The van der Waals surface area contributed by atoms with Crippen LogP contribution in [-0.2, 0) is 19.6 Å². The van der Waals surface area contributed by atoms with E-state index >= 15 is 0 Å². The largest absolute Gasteiger partial charge is 0.467 e. The molecule has 0 radical (unpaired) electrons. The van der Waals surface area contributed by atoms with Crippen LogP contribution in [0, 0.1) is 6.92 Å². The number of nitrogens with zero attached hydrogens (tertiary/aromatic N) is 5. The molecule has 1 N–H and O–H groups in total. The maximum Gasteiger partial charge on any atom is 0.252 e. The van der Waals surface area contributed by atoms with E-state index in [1.54, 1.807) is 10.9 Å². The summed E-state index contributed by atoms with van der Waals surface area (Å²) < 4.78 is 7.29. The highest BCUT2D eigenvalue weighted by atomic mass is 16.3. The van der Waals surface area contributed by atoms with Gasteiger partial charge in [0.2, 0.25) is 0 Å². The van der Waals surface area contributed by atoms with Gasteiger partial charge in [0.05, 0.1) is 12.3 Å². The lowest BCUT2D eigenvalue weighted by atomic mass is 10.1. The minimum absolute atomic E-state index is 0.0776. The molecule has 5 rings (SSSR count). The van der Waals surface area contributed by atoms with E-state index in [2.05, 4.69) is 50.5 Å². The molecule has 0 spiro atoms. The van der Waals surface area contributed by atoms with Crippen LogP contribution in [0.15, 0.2) is 82.2 Å². The lowest BCUT2D eigenvalue weighted by Gasteiger charge is -2.30. The molecule has 0 bridgehead atoms. The van der Waals surface area contributed by atoms with E-state index in [0.717, 1.165) is 40.0 Å². The molecular weight excluding hydrogens is 440 g/mol. The number of H-pyrrole nitrogens is 1. The van der Waals surface area contributed by atoms with Crippen LogP contribution in [0.3, 0.4) is 0 Å². The maximum absolute atomic E-state index is 13.1. The molecule has 0 aliphatic heterocycles. The standard InChI is InChI=1S/C27H28N6O2/c1-3-25(26-29-30-31-33(26)18-23-10-7-13-35-23)32(16-20-8-5-4-6-9-20)17-22-15-21-12-11-19(2)14-24(21)28-27(22)34/h4-15,25H,3,16-18H2,1-2H3,(H,28,34). The van der Waals surface area contributed by atoms with Crippen molar-refractivity contribution in [3.8, 4) is 0 Å². The number of tetrazole rings is 1. The Hall–Kier alpha value is -4.04. The van der Waals surface area contributed by atoms with Crippen molar-refractivity contribution < 1.29 is 4.42 Å². The summed E-state index contributed by atoms with van der Waals surface area (Å²) in [5.41, 5.74) is 3.75. The minimum Gasteiger partial charge on any atom is -0.467 e. The molecule has 0 saturated heterocycles. The molecule has 8 nitrogen and oxygen atoms in total. The van der Waals surface area contributed by atoms with Gasteiger partial charge < -0.3 is 9.40 Å². The van der Waals surface area contributed by atoms with Crippen molar-refractivity contribution >= 4 is 10.9 Å². The predicted molar refractivity (Wildman–Crippen MR) is 134 cm³/mol. The van der Waals surface area contributed by atoms with Crippen LogP contribution in [0.5, 0.6) is 0 Å². The summed E-state index contributed by atoms with van der Waals surface area (Å²) in [5.74, 6) is 1.52. The van der Waals surface area contributed by atoms with Gasteiger partial charge in [-0.3, -0.25) is 9.69 Å². The lowest BCUT2D eigenvalue weighted by molar-refractivity contribution is 0.161. The van der Waals surface area contributed by atoms with Crippen LogP contribution in [-0.4, -0.2) is 30.1 Å². The first-order valence-electron chi connectivity index (χ1n) is 11.8. The zero-order valence-corrected chi connectivity index (χ0v) is 19.9. The smallest absolute Gasteiger partial charge is 0.252 e. The molecule has 0 fully saturated rings. The van der Waals surface area contributed by atoms with E-state index in [-0.39, 0.29) is 11.6 Å². The summed E-state index contributed by atoms with van der Waals surface area (Å²) in [7, 11) is 0. The number of rotatable bonds is 9. The molecule has 1 unspecified atom stereocenters. The number of hydrogen-bond donors (Lipinski definition) is 1. The van der Waals surface area contributed by atoms with E-state index in [1.807, 2.05) is 55.5 Å². The number of fused-ring (bicyclic) bond motifs is 1. The van der Waals surface area contributed by atoms with Crippen LogP contribution < -0.4 is 5.56 Å². The molecule has 0 amide bonds. The van der Waals surface area contributed by atoms with Gasteiger partial charge in [-0.2, -0.15) is 0 Å². The van der Waals surface area contributed by atoms with Gasteiger partial charge in [0.15, 0.2) is 5.82 Å². The average molecular weight is 469 g/mol. The molecule has 35 heavy (non-hydrogen) atoms. The third-order valence-corrected chi connectivity index (χ3v) is 6.25. The molecule has 5 aromatic rings. The van der Waals surface area contributed by atoms with Crippen LogP contribution in [0.4, 0.5) is 0 Å². The Bertz CT molecular complexity index is 1460. The van der Waals surface area contributed by atoms with Crippen molar-refractivity contribution in [3.05, 3.63) is 112 Å². The highest BCUT2D eigenvalue weighted by Crippen LogP contribution is 2.27. The zero-order valence-electron chi connectivity index (χ0n) is 19.9. The van der Waals surface area contributed by atoms with Crippen molar-refractivity contribution in [1.29, 1.82) is 0 Å². The zero-order chi connectivity index (χ0) is 24.2. The highest BCUT2D eigenvalue weighted by Gasteiger charge is 2.26. The normalized spacial score (nSPS) is 12.4. The number of aromatic nitrogens is 5. The Morgan fingerprint density at radius 2 is 1.91 bits per heavy atom. The number of aromatic amines is 1. The molecule has 0 aliphatic carbocycles. The third kappa shape index (κ3) is 5.07. The van der Waals surface area contributed by atoms with Crippen LogP contribution >= 0.6 is 0 Å². The number of nitrogens with one attached hydrogen (secondary N) is 1. The molecule has 0 aliphatic rings. The summed E-state index contributed by atoms with van der Waals surface area (Å²) in [6.07, 6.45) is 2.42. The van der Waals surface area contributed by atoms with Crippen molar-refractivity contribution in [1.82, 2.24) is 30.1 Å². The molecule has 178 valence electrons. The van der Waals surface area contributed by atoms with Gasteiger partial charge >= 0.3 is 0 Å². The molecule has 0 saturated carbocycles. The van der Waals surface area contributed by atoms with E-state index in [9.17, 15) is 4.79 Å². The third-order valence-electron chi connectivity index (χ3n) is 6.25. The molecule has 3 heterocycles. The molecule has 2 aromatic carbocycles. The fourth-order valence-electron chi connectivity index (χ4n) is 4.51. The van der Waals surface area contributed by atoms with Crippen molar-refractivity contribution in [2.24, 2.45) is 0 Å². The van der Waals surface area contributed by atoms with Gasteiger partial charge in [-0.1, -0.05) is 49.4 Å². The van der Waals surface area contributed by atoms with E-state index in [4.69, 9.17) is 4.42 Å². The first-order chi connectivity index (χ1) is 17.1. The Kier molecular flexibility index (Phi) is 6.54. The van der Waals surface area contributed by atoms with E-state index < -0.39 is 0 Å². The fourth-order valence-corrected chi connectivity index (χ4v) is 4.51. The topological polar surface area (TPSA) is 92.8 Å². The average Bonchev–Trinajstić information content (AvgIpc) is 3.54. The molecule has 1 atom stereocenters. The second kappa shape index (κ2) is 10.1. The summed E-state index contributed by atoms with van der Waals surface area (Å²) in [5, 5.41) is 13.6. The van der Waals surface area contributed by atoms with Gasteiger partial charge in [0.25, 0.3) is 5.56 Å². The second-order valence-corrected chi connectivity index (χ2v) is 8.80. The van der Waals surface area contributed by atoms with E-state index in [1.165, 1.54) is 0 Å². The van der Waals surface area contributed by atoms with Crippen LogP contribution in [0.2, 0.25) is 0 Å². The summed E-state index contributed by atoms with van der Waals surface area (Å²) in [6.45, 7) is 5.69. The Labute approximate surface area is 203 Å². The summed E-state index contributed by atoms with van der Waals surface area (Å²) in [6, 6.07) is 22.0. The highest BCUT2D eigenvalue weighted by molar-refractivity contribution is 5.79. The number of furan rings is 1. The van der Waals surface area contributed by atoms with Crippen LogP contribution in [0.1, 0.15) is 47.7 Å². The SMILES string of the molecule is CCC(c1nnnn1Cc1ccco1)N(Cc1ccccc1)Cc1cc2ccc(C)cc2[nH]c1=O. The number of hydrogen-bond acceptors (Lipinski definition) is 6. The summed E-state index contributed by atoms with van der Waals surface area (Å²) in [4.78, 5) is 18.4. The van der Waals surface area contributed by atoms with Crippen molar-refractivity contribution in [3.63, 3.8) is 0 Å². The van der Waals surface area contributed by atoms with Gasteiger partial charge in [-0.25, -0.2) is 4.68 Å². The Balaban J connectivity index is 1.51. The predicted octanol–water partition coefficient (Wildman–Crippen LogP) is 4.62. The molecule has 3 aromatic heterocycles. The quantitative estimate of drug-likeness (QED) is 0.339. The van der Waals surface area contributed by atoms with Gasteiger partial charge in [0, 0.05) is 24.2 Å². The fraction of sp³-hybridized carbons (Fsp3) is 0.259. The monoisotopic (exact) mass is 468 g/mol. The number of pyridine rings is 1. The molecule has 8 heteroatoms. The maximum atomic E-state index is 13.1. The molecular formula is C27H28N6O2. The van der Waals surface area contributed by atoms with Crippen LogP contribution in [0.25, 0.3) is 10.9 Å². The first-order valence-corrected chi connectivity index (χ1v) is 11.8. The van der Waals surface area contributed by atoms with Crippen molar-refractivity contribution in [2.75, 3.05) is 0 Å². The lowest BCUT2D eigenvalue weighted by Crippen LogP contribution is -2.32. The second-order valence-electron chi connectivity index (χ2n) is 8.80. The number of benzene rings is 2. The minimum atomic E-state index is -0.103. The number of aryl methyl sites for hydroxylation is 1. The Morgan fingerprint density at radius 1 is 1.06 bits per heavy atom. The Morgan fingerprint density at radius 3 is 2.69 bits per heavy atom.